The molecule has 3 rings (SSSR count). The highest BCUT2D eigenvalue weighted by Gasteiger charge is 2.31. The monoisotopic (exact) mass is 652 g/mol. The normalized spacial score (nSPS) is 14.1. The van der Waals surface area contributed by atoms with Gasteiger partial charge < -0.3 is 53.2 Å². The molecule has 5 atom stereocenters. The van der Waals surface area contributed by atoms with Crippen molar-refractivity contribution in [1.82, 2.24) is 31.6 Å². The molecule has 16 heteroatoms. The van der Waals surface area contributed by atoms with E-state index in [0.29, 0.717) is 11.1 Å². The number of nitrogens with two attached hydrogens (primary N) is 2. The van der Waals surface area contributed by atoms with E-state index in [4.69, 9.17) is 11.5 Å². The predicted octanol–water partition coefficient (Wildman–Crippen LogP) is -3.17. The number of aromatic amines is 1. The summed E-state index contributed by atoms with van der Waals surface area (Å²) in [4.78, 5) is 79.0. The number of aliphatic hydroxyl groups is 2. The van der Waals surface area contributed by atoms with E-state index < -0.39 is 85.4 Å². The molecule has 252 valence electrons. The molecule has 0 radical (unpaired) electrons. The van der Waals surface area contributed by atoms with Crippen molar-refractivity contribution in [3.05, 3.63) is 71.9 Å². The summed E-state index contributed by atoms with van der Waals surface area (Å²) in [7, 11) is 0. The lowest BCUT2D eigenvalue weighted by molar-refractivity contribution is -0.136. The molecular weight excluding hydrogens is 612 g/mol. The Morgan fingerprint density at radius 3 is 1.79 bits per heavy atom. The second kappa shape index (κ2) is 17.4. The van der Waals surface area contributed by atoms with Gasteiger partial charge in [0.05, 0.1) is 25.8 Å². The molecule has 16 nitrogen and oxygen atoms in total. The summed E-state index contributed by atoms with van der Waals surface area (Å²) in [5, 5.41) is 32.6. The molecule has 0 aliphatic heterocycles. The van der Waals surface area contributed by atoms with Crippen molar-refractivity contribution in [2.45, 2.75) is 50.0 Å². The fraction of sp³-hybridized carbons (Fsp3) is 0.355. The zero-order valence-electron chi connectivity index (χ0n) is 25.7. The maximum atomic E-state index is 13.2. The maximum Gasteiger partial charge on any atom is 0.245 e. The van der Waals surface area contributed by atoms with Crippen LogP contribution in [0.4, 0.5) is 0 Å². The van der Waals surface area contributed by atoms with Gasteiger partial charge in [-0.15, -0.1) is 0 Å². The first kappa shape index (κ1) is 36.2. The first-order valence-corrected chi connectivity index (χ1v) is 14.8. The standard InChI is InChI=1S/C31H40N8O8/c1-17(32)27(43)36-22(11-18-7-3-2-4-8-18)29(45)38-25(16-41)31(47)39-24(15-40)30(46)37-23(28(44)35-14-26(33)42)12-19-13-34-21-10-6-5-9-20(19)21/h2-10,13,17,22-25,34,40-41H,11-12,14-16,32H2,1H3,(H2,33,42)(H,35,44)(H,36,43)(H,37,46)(H,38,45)(H,39,47). The number of fused-ring (bicyclic) bond motifs is 1. The van der Waals surface area contributed by atoms with Crippen molar-refractivity contribution < 1.29 is 39.0 Å². The highest BCUT2D eigenvalue weighted by molar-refractivity contribution is 5.96. The van der Waals surface area contributed by atoms with E-state index in [-0.39, 0.29) is 12.8 Å². The molecule has 47 heavy (non-hydrogen) atoms. The lowest BCUT2D eigenvalue weighted by Crippen LogP contribution is -2.60. The van der Waals surface area contributed by atoms with Crippen LogP contribution in [-0.2, 0) is 41.6 Å². The van der Waals surface area contributed by atoms with Crippen LogP contribution in [0.1, 0.15) is 18.1 Å². The van der Waals surface area contributed by atoms with E-state index in [9.17, 15) is 39.0 Å². The zero-order chi connectivity index (χ0) is 34.5. The van der Waals surface area contributed by atoms with Crippen molar-refractivity contribution in [3.8, 4) is 0 Å². The number of para-hydroxylation sites is 1. The second-order valence-electron chi connectivity index (χ2n) is 10.8. The van der Waals surface area contributed by atoms with Crippen LogP contribution in [0.3, 0.4) is 0 Å². The number of primary amides is 1. The van der Waals surface area contributed by atoms with E-state index in [1.165, 1.54) is 6.92 Å². The van der Waals surface area contributed by atoms with Gasteiger partial charge in [0.2, 0.25) is 35.4 Å². The smallest absolute Gasteiger partial charge is 0.245 e. The van der Waals surface area contributed by atoms with Crippen LogP contribution in [-0.4, -0.2) is 101 Å². The second-order valence-corrected chi connectivity index (χ2v) is 10.8. The lowest BCUT2D eigenvalue weighted by Gasteiger charge is -2.25. The molecule has 0 fully saturated rings. The SMILES string of the molecule is CC(N)C(=O)NC(Cc1ccccc1)C(=O)NC(CO)C(=O)NC(CO)C(=O)NC(Cc1c[nH]c2ccccc12)C(=O)NCC(N)=O. The number of hydrogen-bond acceptors (Lipinski definition) is 9. The van der Waals surface area contributed by atoms with Crippen LogP contribution in [0, 0.1) is 0 Å². The lowest BCUT2D eigenvalue weighted by atomic mass is 10.0. The molecule has 0 spiro atoms. The first-order chi connectivity index (χ1) is 22.4. The fourth-order valence-electron chi connectivity index (χ4n) is 4.59. The van der Waals surface area contributed by atoms with Gasteiger partial charge in [0, 0.05) is 29.9 Å². The van der Waals surface area contributed by atoms with Crippen LogP contribution in [0.5, 0.6) is 0 Å². The highest BCUT2D eigenvalue weighted by atomic mass is 16.3. The molecule has 1 heterocycles. The van der Waals surface area contributed by atoms with Crippen LogP contribution in [0.15, 0.2) is 60.8 Å². The first-order valence-electron chi connectivity index (χ1n) is 14.8. The molecule has 0 aliphatic carbocycles. The molecular formula is C31H40N8O8. The third-order valence-corrected chi connectivity index (χ3v) is 7.13. The van der Waals surface area contributed by atoms with Gasteiger partial charge >= 0.3 is 0 Å². The molecule has 5 unspecified atom stereocenters. The Kier molecular flexibility index (Phi) is 13.4. The highest BCUT2D eigenvalue weighted by Crippen LogP contribution is 2.19. The van der Waals surface area contributed by atoms with Crippen molar-refractivity contribution in [3.63, 3.8) is 0 Å². The predicted molar refractivity (Wildman–Crippen MR) is 170 cm³/mol. The minimum atomic E-state index is -1.61. The fourth-order valence-corrected chi connectivity index (χ4v) is 4.59. The number of rotatable bonds is 17. The largest absolute Gasteiger partial charge is 0.394 e. The van der Waals surface area contributed by atoms with Crippen molar-refractivity contribution in [1.29, 1.82) is 0 Å². The minimum absolute atomic E-state index is 0.0301. The number of benzene rings is 2. The average molecular weight is 653 g/mol. The van der Waals surface area contributed by atoms with E-state index in [1.807, 2.05) is 18.2 Å². The van der Waals surface area contributed by atoms with Gasteiger partial charge in [0.25, 0.3) is 0 Å². The molecule has 6 amide bonds. The number of aromatic nitrogens is 1. The number of H-pyrrole nitrogens is 1. The summed E-state index contributed by atoms with van der Waals surface area (Å²) in [5.74, 6) is -4.98. The molecule has 0 saturated carbocycles. The molecule has 2 aromatic carbocycles. The van der Waals surface area contributed by atoms with Gasteiger partial charge in [0.15, 0.2) is 0 Å². The van der Waals surface area contributed by atoms with Crippen molar-refractivity contribution >= 4 is 46.3 Å². The average Bonchev–Trinajstić information content (AvgIpc) is 3.46. The third kappa shape index (κ3) is 10.6. The molecule has 12 N–H and O–H groups in total. The van der Waals surface area contributed by atoms with Crippen LogP contribution >= 0.6 is 0 Å². The summed E-state index contributed by atoms with van der Waals surface area (Å²) in [6.45, 7) is -0.862. The molecule has 0 bridgehead atoms. The van der Waals surface area contributed by atoms with Crippen molar-refractivity contribution in [2.24, 2.45) is 11.5 Å². The van der Waals surface area contributed by atoms with Crippen LogP contribution < -0.4 is 38.1 Å². The molecule has 0 aliphatic rings. The number of carbonyl (C=O) groups excluding carboxylic acids is 6. The Labute approximate surface area is 270 Å². The molecule has 3 aromatic rings. The molecule has 0 saturated heterocycles. The van der Waals surface area contributed by atoms with Gasteiger partial charge in [-0.25, -0.2) is 0 Å². The Bertz CT molecular complexity index is 1560. The third-order valence-electron chi connectivity index (χ3n) is 7.13. The quantitative estimate of drug-likeness (QED) is 0.0703. The summed E-state index contributed by atoms with van der Waals surface area (Å²) in [5.41, 5.74) is 12.9. The van der Waals surface area contributed by atoms with Gasteiger partial charge in [-0.3, -0.25) is 28.8 Å². The summed E-state index contributed by atoms with van der Waals surface area (Å²) < 4.78 is 0. The maximum absolute atomic E-state index is 13.2. The summed E-state index contributed by atoms with van der Waals surface area (Å²) >= 11 is 0. The topological polar surface area (TPSA) is 271 Å². The Balaban J connectivity index is 1.72. The van der Waals surface area contributed by atoms with Crippen LogP contribution in [0.25, 0.3) is 10.9 Å². The Morgan fingerprint density at radius 1 is 0.702 bits per heavy atom. The number of aliphatic hydroxyl groups excluding tert-OH is 2. The number of carbonyl (C=O) groups is 6. The number of nitrogens with one attached hydrogen (secondary N) is 6. The minimum Gasteiger partial charge on any atom is -0.394 e. The van der Waals surface area contributed by atoms with E-state index in [1.54, 1.807) is 42.6 Å². The van der Waals surface area contributed by atoms with Crippen LogP contribution in [0.2, 0.25) is 0 Å². The van der Waals surface area contributed by atoms with Gasteiger partial charge in [-0.1, -0.05) is 48.5 Å². The van der Waals surface area contributed by atoms with E-state index >= 15 is 0 Å². The summed E-state index contributed by atoms with van der Waals surface area (Å²) in [6.07, 6.45) is 1.67. The number of amides is 6. The zero-order valence-corrected chi connectivity index (χ0v) is 25.7. The van der Waals surface area contributed by atoms with E-state index in [2.05, 4.69) is 31.6 Å². The number of hydrogen-bond donors (Lipinski definition) is 10. The van der Waals surface area contributed by atoms with Crippen molar-refractivity contribution in [2.75, 3.05) is 19.8 Å². The van der Waals surface area contributed by atoms with Gasteiger partial charge in [-0.2, -0.15) is 0 Å². The Hall–Kier alpha value is -5.32. The summed E-state index contributed by atoms with van der Waals surface area (Å²) in [6, 6.07) is 9.43. The van der Waals surface area contributed by atoms with E-state index in [0.717, 1.165) is 10.9 Å². The van der Waals surface area contributed by atoms with Gasteiger partial charge in [0.1, 0.15) is 24.2 Å². The Morgan fingerprint density at radius 2 is 1.21 bits per heavy atom. The van der Waals surface area contributed by atoms with Gasteiger partial charge in [-0.05, 0) is 24.1 Å². The molecule has 1 aromatic heterocycles.